The molecule has 21 heavy (non-hydrogen) atoms. The summed E-state index contributed by atoms with van der Waals surface area (Å²) in [6.07, 6.45) is 5.78. The zero-order chi connectivity index (χ0) is 14.9. The largest absolute Gasteiger partial charge is 0.384 e. The quantitative estimate of drug-likeness (QED) is 0.476. The maximum absolute atomic E-state index is 12.4. The Labute approximate surface area is 126 Å². The third-order valence-electron chi connectivity index (χ3n) is 3.52. The van der Waals surface area contributed by atoms with E-state index in [1.54, 1.807) is 6.08 Å². The van der Waals surface area contributed by atoms with E-state index in [1.807, 2.05) is 30.5 Å². The van der Waals surface area contributed by atoms with Gasteiger partial charge in [-0.15, -0.1) is 0 Å². The summed E-state index contributed by atoms with van der Waals surface area (Å²) in [5, 5.41) is 3.34. The topological polar surface area (TPSA) is 41.6 Å². The predicted octanol–water partition coefficient (Wildman–Crippen LogP) is 2.93. The van der Waals surface area contributed by atoms with Crippen LogP contribution in [0, 0.1) is 0 Å². The zero-order valence-corrected chi connectivity index (χ0v) is 12.7. The van der Waals surface area contributed by atoms with Gasteiger partial charge in [-0.3, -0.25) is 4.79 Å². The van der Waals surface area contributed by atoms with Crippen molar-refractivity contribution in [2.75, 3.05) is 38.2 Å². The first-order valence-corrected chi connectivity index (χ1v) is 7.68. The van der Waals surface area contributed by atoms with E-state index in [4.69, 9.17) is 4.74 Å². The van der Waals surface area contributed by atoms with E-state index in [-0.39, 0.29) is 5.78 Å². The lowest BCUT2D eigenvalue weighted by atomic mass is 10.1. The number of allylic oxidation sites excluding steroid dienone is 1. The smallest absolute Gasteiger partial charge is 0.189 e. The third kappa shape index (κ3) is 4.90. The summed E-state index contributed by atoms with van der Waals surface area (Å²) in [5.41, 5.74) is 1.65. The third-order valence-corrected chi connectivity index (χ3v) is 3.52. The minimum atomic E-state index is 0.0427. The lowest BCUT2D eigenvalue weighted by molar-refractivity contribution is 0.0591. The van der Waals surface area contributed by atoms with E-state index in [0.29, 0.717) is 0 Å². The molecule has 2 rings (SSSR count). The number of nitrogens with one attached hydrogen (secondary N) is 1. The summed E-state index contributed by atoms with van der Waals surface area (Å²) >= 11 is 0. The van der Waals surface area contributed by atoms with Crippen molar-refractivity contribution in [3.8, 4) is 0 Å². The molecule has 1 N–H and O–H groups in total. The minimum absolute atomic E-state index is 0.0427. The number of nitrogens with zero attached hydrogens (tertiary/aromatic N) is 1. The molecule has 1 aliphatic rings. The van der Waals surface area contributed by atoms with Gasteiger partial charge in [0.2, 0.25) is 0 Å². The average molecular weight is 288 g/mol. The molecule has 0 unspecified atom stereocenters. The molecule has 0 aliphatic carbocycles. The number of ether oxygens (including phenoxy) is 1. The number of unbranched alkanes of at least 4 members (excludes halogenated alkanes) is 1. The van der Waals surface area contributed by atoms with Gasteiger partial charge < -0.3 is 15.0 Å². The molecule has 0 saturated carbocycles. The van der Waals surface area contributed by atoms with E-state index < -0.39 is 0 Å². The maximum atomic E-state index is 12.4. The molecule has 4 heteroatoms. The highest BCUT2D eigenvalue weighted by atomic mass is 16.5. The van der Waals surface area contributed by atoms with Crippen LogP contribution in [0.4, 0.5) is 5.69 Å². The van der Waals surface area contributed by atoms with Crippen LogP contribution in [0.3, 0.4) is 0 Å². The van der Waals surface area contributed by atoms with Gasteiger partial charge in [0.05, 0.1) is 13.2 Å². The molecule has 1 heterocycles. The highest BCUT2D eigenvalue weighted by molar-refractivity contribution is 6.08. The number of hydrogen-bond acceptors (Lipinski definition) is 4. The van der Waals surface area contributed by atoms with Crippen molar-refractivity contribution in [3.63, 3.8) is 0 Å². The molecule has 4 nitrogen and oxygen atoms in total. The maximum Gasteiger partial charge on any atom is 0.189 e. The normalized spacial score (nSPS) is 15.4. The average Bonchev–Trinajstić information content (AvgIpc) is 2.54. The van der Waals surface area contributed by atoms with Crippen LogP contribution in [0.5, 0.6) is 0 Å². The predicted molar refractivity (Wildman–Crippen MR) is 85.7 cm³/mol. The van der Waals surface area contributed by atoms with Gasteiger partial charge >= 0.3 is 0 Å². The standard InChI is InChI=1S/C17H24N2O2/c1-2-3-9-18-16-7-5-4-6-15(16)17(20)8-10-19-11-13-21-14-12-19/h4-8,10,18H,2-3,9,11-14H2,1H3/b10-8+. The number of benzene rings is 1. The number of para-hydroxylation sites is 1. The summed E-state index contributed by atoms with van der Waals surface area (Å²) < 4.78 is 5.29. The van der Waals surface area contributed by atoms with E-state index in [0.717, 1.165) is 56.9 Å². The van der Waals surface area contributed by atoms with Gasteiger partial charge in [-0.1, -0.05) is 25.5 Å². The Bertz CT molecular complexity index is 479. The van der Waals surface area contributed by atoms with Crippen LogP contribution in [0.15, 0.2) is 36.5 Å². The summed E-state index contributed by atoms with van der Waals surface area (Å²) in [5.74, 6) is 0.0427. The molecule has 0 atom stereocenters. The first-order valence-electron chi connectivity index (χ1n) is 7.68. The van der Waals surface area contributed by atoms with Gasteiger partial charge in [-0.05, 0) is 18.6 Å². The molecule has 1 aromatic carbocycles. The van der Waals surface area contributed by atoms with Crippen molar-refractivity contribution < 1.29 is 9.53 Å². The van der Waals surface area contributed by atoms with E-state index in [9.17, 15) is 4.79 Å². The van der Waals surface area contributed by atoms with E-state index in [1.165, 1.54) is 0 Å². The fourth-order valence-electron chi connectivity index (χ4n) is 2.24. The van der Waals surface area contributed by atoms with E-state index >= 15 is 0 Å². The van der Waals surface area contributed by atoms with Crippen LogP contribution >= 0.6 is 0 Å². The summed E-state index contributed by atoms with van der Waals surface area (Å²) in [6, 6.07) is 7.70. The summed E-state index contributed by atoms with van der Waals surface area (Å²) in [7, 11) is 0. The van der Waals surface area contributed by atoms with Crippen molar-refractivity contribution >= 4 is 11.5 Å². The van der Waals surface area contributed by atoms with Crippen molar-refractivity contribution in [3.05, 3.63) is 42.1 Å². The Morgan fingerprint density at radius 2 is 2.10 bits per heavy atom. The second kappa shape index (κ2) is 8.47. The van der Waals surface area contributed by atoms with E-state index in [2.05, 4.69) is 17.1 Å². The Kier molecular flexibility index (Phi) is 6.28. The van der Waals surface area contributed by atoms with Crippen LogP contribution in [0.25, 0.3) is 0 Å². The lowest BCUT2D eigenvalue weighted by Crippen LogP contribution is -2.32. The highest BCUT2D eigenvalue weighted by Crippen LogP contribution is 2.16. The molecule has 1 aromatic rings. The first kappa shape index (κ1) is 15.6. The number of carbonyl (C=O) groups is 1. The van der Waals surface area contributed by atoms with Gasteiger partial charge in [-0.2, -0.15) is 0 Å². The van der Waals surface area contributed by atoms with Gasteiger partial charge in [0.25, 0.3) is 0 Å². The fraction of sp³-hybridized carbons (Fsp3) is 0.471. The monoisotopic (exact) mass is 288 g/mol. The second-order valence-corrected chi connectivity index (χ2v) is 5.15. The van der Waals surface area contributed by atoms with Gasteiger partial charge in [0.1, 0.15) is 0 Å². The Morgan fingerprint density at radius 3 is 2.86 bits per heavy atom. The Balaban J connectivity index is 1.99. The van der Waals surface area contributed by atoms with Crippen LogP contribution < -0.4 is 5.32 Å². The second-order valence-electron chi connectivity index (χ2n) is 5.15. The van der Waals surface area contributed by atoms with Gasteiger partial charge in [0, 0.05) is 43.2 Å². The van der Waals surface area contributed by atoms with Gasteiger partial charge in [0.15, 0.2) is 5.78 Å². The number of anilines is 1. The molecule has 1 aliphatic heterocycles. The molecule has 114 valence electrons. The summed E-state index contributed by atoms with van der Waals surface area (Å²) in [6.45, 7) is 6.21. The Morgan fingerprint density at radius 1 is 1.33 bits per heavy atom. The fourth-order valence-corrected chi connectivity index (χ4v) is 2.24. The molecule has 0 amide bonds. The van der Waals surface area contributed by atoms with Gasteiger partial charge in [-0.25, -0.2) is 0 Å². The molecule has 0 bridgehead atoms. The van der Waals surface area contributed by atoms with Crippen molar-refractivity contribution in [1.82, 2.24) is 4.90 Å². The molecule has 1 saturated heterocycles. The van der Waals surface area contributed by atoms with Crippen molar-refractivity contribution in [1.29, 1.82) is 0 Å². The van der Waals surface area contributed by atoms with Crippen LogP contribution in [0.1, 0.15) is 30.1 Å². The number of rotatable bonds is 7. The molecule has 0 spiro atoms. The Hall–Kier alpha value is -1.81. The number of hydrogen-bond donors (Lipinski definition) is 1. The van der Waals surface area contributed by atoms with Crippen LogP contribution in [0.2, 0.25) is 0 Å². The molecule has 1 fully saturated rings. The van der Waals surface area contributed by atoms with Crippen molar-refractivity contribution in [2.45, 2.75) is 19.8 Å². The number of morpholine rings is 1. The zero-order valence-electron chi connectivity index (χ0n) is 12.7. The molecule has 0 radical (unpaired) electrons. The van der Waals surface area contributed by atoms with Crippen LogP contribution in [-0.4, -0.2) is 43.5 Å². The first-order chi connectivity index (χ1) is 10.3. The van der Waals surface area contributed by atoms with Crippen molar-refractivity contribution in [2.24, 2.45) is 0 Å². The molecular weight excluding hydrogens is 264 g/mol. The minimum Gasteiger partial charge on any atom is -0.384 e. The van der Waals surface area contributed by atoms with Crippen LogP contribution in [-0.2, 0) is 4.74 Å². The molecular formula is C17H24N2O2. The SMILES string of the molecule is CCCCNc1ccccc1C(=O)/C=C/N1CCOCC1. The summed E-state index contributed by atoms with van der Waals surface area (Å²) in [4.78, 5) is 14.5. The molecule has 0 aromatic heterocycles. The number of ketones is 1. The lowest BCUT2D eigenvalue weighted by Gasteiger charge is -2.24. The number of carbonyl (C=O) groups excluding carboxylic acids is 1. The highest BCUT2D eigenvalue weighted by Gasteiger charge is 2.09.